The molecule has 4 nitrogen and oxygen atoms in total. The van der Waals surface area contributed by atoms with Gasteiger partial charge >= 0.3 is 0 Å². The van der Waals surface area contributed by atoms with Crippen LogP contribution in [0.1, 0.15) is 30.5 Å². The highest BCUT2D eigenvalue weighted by atomic mass is 32.2. The summed E-state index contributed by atoms with van der Waals surface area (Å²) in [6, 6.07) is 9.61. The van der Waals surface area contributed by atoms with Crippen molar-refractivity contribution in [3.8, 4) is 5.75 Å². The number of phenolic OH excluding ortho intramolecular Hbond substituents is 1. The van der Waals surface area contributed by atoms with E-state index in [9.17, 15) is 10.2 Å². The number of hydrogen-bond donors (Lipinski definition) is 3. The third-order valence-electron chi connectivity index (χ3n) is 4.77. The molecule has 25 heavy (non-hydrogen) atoms. The highest BCUT2D eigenvalue weighted by molar-refractivity contribution is 7.99. The number of likely N-dealkylation sites (N-methyl/N-ethyl adjacent to an activating group) is 1. The van der Waals surface area contributed by atoms with Crippen molar-refractivity contribution >= 4 is 17.4 Å². The van der Waals surface area contributed by atoms with Crippen LogP contribution in [0.2, 0.25) is 0 Å². The number of aliphatic hydroxyl groups is 1. The molecule has 0 amide bonds. The van der Waals surface area contributed by atoms with Crippen molar-refractivity contribution in [3.63, 3.8) is 0 Å². The fourth-order valence-corrected chi connectivity index (χ4v) is 4.45. The molecule has 1 aliphatic heterocycles. The summed E-state index contributed by atoms with van der Waals surface area (Å²) in [6.07, 6.45) is 0.771. The van der Waals surface area contributed by atoms with Gasteiger partial charge in [0.2, 0.25) is 0 Å². The molecule has 3 rings (SSSR count). The molecule has 0 atom stereocenters. The number of benzene rings is 2. The van der Waals surface area contributed by atoms with Crippen LogP contribution in [0.3, 0.4) is 0 Å². The highest BCUT2D eigenvalue weighted by Crippen LogP contribution is 2.45. The first-order valence-electron chi connectivity index (χ1n) is 8.87. The predicted molar refractivity (Wildman–Crippen MR) is 104 cm³/mol. The summed E-state index contributed by atoms with van der Waals surface area (Å²) < 4.78 is 0. The maximum Gasteiger partial charge on any atom is 0.115 e. The second kappa shape index (κ2) is 8.13. The SMILES string of the molecule is CCN(CC)CCNc1ccc(CO)c2c1Cc1cc(O)ccc1S2. The summed E-state index contributed by atoms with van der Waals surface area (Å²) in [5.74, 6) is 0.303. The lowest BCUT2D eigenvalue weighted by molar-refractivity contribution is 0.278. The zero-order chi connectivity index (χ0) is 17.8. The van der Waals surface area contributed by atoms with Gasteiger partial charge in [0.15, 0.2) is 0 Å². The average Bonchev–Trinajstić information content (AvgIpc) is 2.63. The minimum absolute atomic E-state index is 0.0441. The predicted octanol–water partition coefficient (Wildman–Crippen LogP) is 3.69. The molecular weight excluding hydrogens is 332 g/mol. The molecule has 0 aliphatic carbocycles. The van der Waals surface area contributed by atoms with Gasteiger partial charge in [0.05, 0.1) is 6.61 Å². The highest BCUT2D eigenvalue weighted by Gasteiger charge is 2.22. The number of aliphatic hydroxyl groups excluding tert-OH is 1. The topological polar surface area (TPSA) is 55.7 Å². The number of nitrogens with zero attached hydrogens (tertiary/aromatic N) is 1. The largest absolute Gasteiger partial charge is 0.508 e. The number of rotatable bonds is 7. The number of nitrogens with one attached hydrogen (secondary N) is 1. The van der Waals surface area contributed by atoms with Crippen LogP contribution >= 0.6 is 11.8 Å². The molecule has 0 spiro atoms. The Balaban J connectivity index is 1.85. The minimum Gasteiger partial charge on any atom is -0.508 e. The zero-order valence-corrected chi connectivity index (χ0v) is 15.7. The van der Waals surface area contributed by atoms with Gasteiger partial charge < -0.3 is 20.4 Å². The van der Waals surface area contributed by atoms with E-state index in [1.54, 1.807) is 17.8 Å². The second-order valence-electron chi connectivity index (χ2n) is 6.26. The smallest absolute Gasteiger partial charge is 0.115 e. The first-order valence-corrected chi connectivity index (χ1v) is 9.69. The molecule has 134 valence electrons. The van der Waals surface area contributed by atoms with Crippen LogP contribution in [0.25, 0.3) is 0 Å². The lowest BCUT2D eigenvalue weighted by Crippen LogP contribution is -2.28. The third-order valence-corrected chi connectivity index (χ3v) is 6.10. The molecule has 0 unspecified atom stereocenters. The van der Waals surface area contributed by atoms with Gasteiger partial charge in [-0.1, -0.05) is 31.7 Å². The fourth-order valence-electron chi connectivity index (χ4n) is 3.26. The quantitative estimate of drug-likeness (QED) is 0.601. The Morgan fingerprint density at radius 1 is 1.16 bits per heavy atom. The molecular formula is C20H26N2O2S. The lowest BCUT2D eigenvalue weighted by atomic mass is 9.99. The molecule has 1 aliphatic rings. The van der Waals surface area contributed by atoms with E-state index >= 15 is 0 Å². The van der Waals surface area contributed by atoms with Crippen LogP contribution in [0.15, 0.2) is 40.1 Å². The number of hydrogen-bond acceptors (Lipinski definition) is 5. The van der Waals surface area contributed by atoms with Crippen LogP contribution in [0.4, 0.5) is 5.69 Å². The summed E-state index contributed by atoms with van der Waals surface area (Å²) in [5, 5.41) is 23.1. The minimum atomic E-state index is 0.0441. The second-order valence-corrected chi connectivity index (χ2v) is 7.31. The van der Waals surface area contributed by atoms with Crippen molar-refractivity contribution in [1.29, 1.82) is 0 Å². The first-order chi connectivity index (χ1) is 12.2. The van der Waals surface area contributed by atoms with Crippen LogP contribution in [-0.4, -0.2) is 41.3 Å². The molecule has 2 aromatic rings. The van der Waals surface area contributed by atoms with Crippen LogP contribution in [-0.2, 0) is 13.0 Å². The van der Waals surface area contributed by atoms with E-state index in [0.29, 0.717) is 5.75 Å². The lowest BCUT2D eigenvalue weighted by Gasteiger charge is -2.25. The molecule has 3 N–H and O–H groups in total. The Bertz CT molecular complexity index is 745. The average molecular weight is 359 g/mol. The summed E-state index contributed by atoms with van der Waals surface area (Å²) in [5.41, 5.74) is 4.45. The number of fused-ring (bicyclic) bond motifs is 2. The van der Waals surface area contributed by atoms with E-state index in [1.165, 1.54) is 5.56 Å². The summed E-state index contributed by atoms with van der Waals surface area (Å²) in [6.45, 7) is 8.42. The molecule has 0 saturated heterocycles. The summed E-state index contributed by atoms with van der Waals surface area (Å²) in [4.78, 5) is 4.69. The van der Waals surface area contributed by atoms with Gasteiger partial charge in [-0.25, -0.2) is 0 Å². The van der Waals surface area contributed by atoms with E-state index in [4.69, 9.17) is 0 Å². The summed E-state index contributed by atoms with van der Waals surface area (Å²) in [7, 11) is 0. The number of aromatic hydroxyl groups is 1. The van der Waals surface area contributed by atoms with Crippen molar-refractivity contribution in [3.05, 3.63) is 47.0 Å². The maximum absolute atomic E-state index is 9.79. The molecule has 5 heteroatoms. The van der Waals surface area contributed by atoms with Crippen molar-refractivity contribution in [2.45, 2.75) is 36.7 Å². The van der Waals surface area contributed by atoms with E-state index in [-0.39, 0.29) is 6.61 Å². The fraction of sp³-hybridized carbons (Fsp3) is 0.400. The van der Waals surface area contributed by atoms with Gasteiger partial charge in [-0.15, -0.1) is 0 Å². The standard InChI is InChI=1S/C20H26N2O2S/c1-3-22(4-2)10-9-21-18-7-5-14(13-23)20-17(18)12-15-11-16(24)6-8-19(15)25-20/h5-8,11,21,23-24H,3-4,9-10,12-13H2,1-2H3. The van der Waals surface area contributed by atoms with Crippen molar-refractivity contribution in [1.82, 2.24) is 4.90 Å². The van der Waals surface area contributed by atoms with Gasteiger partial charge in [0.25, 0.3) is 0 Å². The molecule has 0 fully saturated rings. The van der Waals surface area contributed by atoms with E-state index in [2.05, 4.69) is 30.1 Å². The van der Waals surface area contributed by atoms with Crippen LogP contribution in [0, 0.1) is 0 Å². The molecule has 0 bridgehead atoms. The van der Waals surface area contributed by atoms with E-state index < -0.39 is 0 Å². The molecule has 0 radical (unpaired) electrons. The van der Waals surface area contributed by atoms with E-state index in [0.717, 1.165) is 59.2 Å². The Kier molecular flexibility index (Phi) is 5.89. The Morgan fingerprint density at radius 2 is 1.96 bits per heavy atom. The van der Waals surface area contributed by atoms with E-state index in [1.807, 2.05) is 18.2 Å². The Labute approximate surface area is 153 Å². The van der Waals surface area contributed by atoms with Crippen molar-refractivity contribution in [2.24, 2.45) is 0 Å². The van der Waals surface area contributed by atoms with Gasteiger partial charge in [0, 0.05) is 35.0 Å². The number of phenols is 1. The molecule has 2 aromatic carbocycles. The summed E-state index contributed by atoms with van der Waals surface area (Å²) >= 11 is 1.68. The van der Waals surface area contributed by atoms with Gasteiger partial charge in [-0.3, -0.25) is 0 Å². The Hall–Kier alpha value is -1.69. The van der Waals surface area contributed by atoms with Crippen LogP contribution < -0.4 is 5.32 Å². The van der Waals surface area contributed by atoms with Gasteiger partial charge in [-0.2, -0.15) is 0 Å². The maximum atomic E-state index is 9.79. The molecule has 1 heterocycles. The van der Waals surface area contributed by atoms with Crippen molar-refractivity contribution in [2.75, 3.05) is 31.5 Å². The normalized spacial score (nSPS) is 12.8. The zero-order valence-electron chi connectivity index (χ0n) is 14.9. The number of anilines is 1. The molecule has 0 aromatic heterocycles. The van der Waals surface area contributed by atoms with Crippen LogP contribution in [0.5, 0.6) is 5.75 Å². The monoisotopic (exact) mass is 358 g/mol. The third kappa shape index (κ3) is 3.94. The molecule has 0 saturated carbocycles. The van der Waals surface area contributed by atoms with Crippen molar-refractivity contribution < 1.29 is 10.2 Å². The Morgan fingerprint density at radius 3 is 2.68 bits per heavy atom. The van der Waals surface area contributed by atoms with Gasteiger partial charge in [-0.05, 0) is 54.0 Å². The van der Waals surface area contributed by atoms with Gasteiger partial charge in [0.1, 0.15) is 5.75 Å². The first kappa shape index (κ1) is 18.1.